The largest absolute Gasteiger partial charge is 0.497 e. The van der Waals surface area contributed by atoms with E-state index in [1.807, 2.05) is 37.3 Å². The molecule has 0 saturated heterocycles. The minimum atomic E-state index is -0.190. The van der Waals surface area contributed by atoms with Crippen molar-refractivity contribution in [3.63, 3.8) is 0 Å². The number of aromatic nitrogens is 3. The molecule has 182 valence electrons. The number of para-hydroxylation sites is 1. The predicted molar refractivity (Wildman–Crippen MR) is 142 cm³/mol. The molecule has 3 aromatic carbocycles. The molecular weight excluding hydrogens is 498 g/mol. The van der Waals surface area contributed by atoms with Crippen molar-refractivity contribution in [2.75, 3.05) is 14.2 Å². The molecule has 36 heavy (non-hydrogen) atoms. The Kier molecular flexibility index (Phi) is 6.71. The summed E-state index contributed by atoms with van der Waals surface area (Å²) in [6.45, 7) is 1.87. The van der Waals surface area contributed by atoms with Crippen LogP contribution in [0, 0.1) is 6.92 Å². The topological polar surface area (TPSA) is 79.4 Å². The molecule has 0 saturated carbocycles. The molecule has 0 amide bonds. The summed E-state index contributed by atoms with van der Waals surface area (Å²) in [6, 6.07) is 19.9. The first-order valence-corrected chi connectivity index (χ1v) is 12.4. The molecule has 2 aromatic heterocycles. The van der Waals surface area contributed by atoms with Gasteiger partial charge in [0.1, 0.15) is 17.3 Å². The van der Waals surface area contributed by atoms with Crippen molar-refractivity contribution >= 4 is 34.3 Å². The third-order valence-corrected chi connectivity index (χ3v) is 6.90. The Balaban J connectivity index is 1.57. The number of rotatable bonds is 7. The molecule has 0 spiro atoms. The van der Waals surface area contributed by atoms with Crippen LogP contribution in [0.3, 0.4) is 0 Å². The Morgan fingerprint density at radius 3 is 2.53 bits per heavy atom. The van der Waals surface area contributed by atoms with Crippen molar-refractivity contribution in [1.82, 2.24) is 14.5 Å². The molecule has 0 bridgehead atoms. The van der Waals surface area contributed by atoms with Gasteiger partial charge >= 0.3 is 0 Å². The molecule has 2 heterocycles. The second-order valence-corrected chi connectivity index (χ2v) is 9.29. The average molecular weight is 520 g/mol. The zero-order valence-corrected chi connectivity index (χ0v) is 21.4. The van der Waals surface area contributed by atoms with Gasteiger partial charge in [-0.05, 0) is 55.5 Å². The molecule has 5 aromatic rings. The Labute approximate surface area is 216 Å². The van der Waals surface area contributed by atoms with Gasteiger partial charge in [-0.3, -0.25) is 9.36 Å². The van der Waals surface area contributed by atoms with Gasteiger partial charge in [0, 0.05) is 22.4 Å². The lowest BCUT2D eigenvalue weighted by Crippen LogP contribution is -2.22. The van der Waals surface area contributed by atoms with Crippen LogP contribution in [0.2, 0.25) is 5.02 Å². The van der Waals surface area contributed by atoms with E-state index in [-0.39, 0.29) is 5.56 Å². The van der Waals surface area contributed by atoms with Crippen molar-refractivity contribution in [1.29, 1.82) is 0 Å². The number of thioether (sulfide) groups is 1. The maximum atomic E-state index is 13.6. The molecule has 0 N–H and O–H groups in total. The van der Waals surface area contributed by atoms with Gasteiger partial charge in [-0.25, -0.2) is 9.97 Å². The van der Waals surface area contributed by atoms with Crippen LogP contribution in [0.25, 0.3) is 28.0 Å². The monoisotopic (exact) mass is 519 g/mol. The maximum Gasteiger partial charge on any atom is 0.266 e. The summed E-state index contributed by atoms with van der Waals surface area (Å²) >= 11 is 7.41. The normalized spacial score (nSPS) is 11.1. The van der Waals surface area contributed by atoms with E-state index in [9.17, 15) is 4.79 Å². The molecule has 9 heteroatoms. The van der Waals surface area contributed by atoms with Crippen molar-refractivity contribution in [2.24, 2.45) is 0 Å². The standard InChI is InChI=1S/C27H22ClN3O4S/c1-16-22(29-25(35-16)17-8-10-18(28)11-9-17)15-36-27-30-21-7-5-4-6-20(21)26(32)31(27)23-13-12-19(33-2)14-24(23)34-3/h4-14H,15H2,1-3H3. The number of halogens is 1. The third-order valence-electron chi connectivity index (χ3n) is 5.69. The lowest BCUT2D eigenvalue weighted by Gasteiger charge is -2.16. The molecule has 0 aliphatic rings. The van der Waals surface area contributed by atoms with Crippen molar-refractivity contribution in [3.05, 3.63) is 93.6 Å². The first kappa shape index (κ1) is 24.0. The number of hydrogen-bond donors (Lipinski definition) is 0. The van der Waals surface area contributed by atoms with E-state index in [1.54, 1.807) is 55.2 Å². The van der Waals surface area contributed by atoms with Crippen molar-refractivity contribution in [2.45, 2.75) is 17.8 Å². The molecule has 0 atom stereocenters. The van der Waals surface area contributed by atoms with E-state index in [1.165, 1.54) is 11.8 Å². The van der Waals surface area contributed by atoms with Crippen LogP contribution in [-0.4, -0.2) is 28.8 Å². The minimum Gasteiger partial charge on any atom is -0.497 e. The Bertz CT molecular complexity index is 1610. The molecule has 7 nitrogen and oxygen atoms in total. The first-order chi connectivity index (χ1) is 17.5. The van der Waals surface area contributed by atoms with E-state index in [2.05, 4.69) is 4.98 Å². The highest BCUT2D eigenvalue weighted by Crippen LogP contribution is 2.32. The van der Waals surface area contributed by atoms with E-state index in [0.29, 0.717) is 55.7 Å². The Hall–Kier alpha value is -3.75. The summed E-state index contributed by atoms with van der Waals surface area (Å²) in [5.41, 5.74) is 2.60. The van der Waals surface area contributed by atoms with Crippen LogP contribution in [-0.2, 0) is 5.75 Å². The zero-order chi connectivity index (χ0) is 25.2. The minimum absolute atomic E-state index is 0.190. The highest BCUT2D eigenvalue weighted by molar-refractivity contribution is 7.98. The van der Waals surface area contributed by atoms with Gasteiger partial charge in [0.2, 0.25) is 5.89 Å². The van der Waals surface area contributed by atoms with Crippen LogP contribution in [0.4, 0.5) is 0 Å². The van der Waals surface area contributed by atoms with Crippen LogP contribution < -0.4 is 15.0 Å². The third kappa shape index (κ3) is 4.57. The molecule has 0 fully saturated rings. The van der Waals surface area contributed by atoms with Crippen molar-refractivity contribution < 1.29 is 13.9 Å². The highest BCUT2D eigenvalue weighted by Gasteiger charge is 2.19. The molecule has 0 aliphatic heterocycles. The number of fused-ring (bicyclic) bond motifs is 1. The predicted octanol–water partition coefficient (Wildman–Crippen LogP) is 6.31. The number of hydrogen-bond acceptors (Lipinski definition) is 7. The first-order valence-electron chi connectivity index (χ1n) is 11.1. The summed E-state index contributed by atoms with van der Waals surface area (Å²) < 4.78 is 18.4. The van der Waals surface area contributed by atoms with Gasteiger partial charge in [-0.15, -0.1) is 0 Å². The number of ether oxygens (including phenoxy) is 2. The fraction of sp³-hybridized carbons (Fsp3) is 0.148. The molecular formula is C27H22ClN3O4S. The van der Waals surface area contributed by atoms with E-state index >= 15 is 0 Å². The number of nitrogens with zero attached hydrogens (tertiary/aromatic N) is 3. The van der Waals surface area contributed by atoms with Gasteiger partial charge in [-0.2, -0.15) is 0 Å². The van der Waals surface area contributed by atoms with Gasteiger partial charge in [0.25, 0.3) is 5.56 Å². The van der Waals surface area contributed by atoms with Crippen LogP contribution in [0.5, 0.6) is 11.5 Å². The number of methoxy groups -OCH3 is 2. The second kappa shape index (κ2) is 10.1. The van der Waals surface area contributed by atoms with Gasteiger partial charge < -0.3 is 13.9 Å². The van der Waals surface area contributed by atoms with E-state index < -0.39 is 0 Å². The average Bonchev–Trinajstić information content (AvgIpc) is 3.28. The lowest BCUT2D eigenvalue weighted by atomic mass is 10.2. The van der Waals surface area contributed by atoms with Gasteiger partial charge in [0.05, 0.1) is 36.5 Å². The quantitative estimate of drug-likeness (QED) is 0.184. The van der Waals surface area contributed by atoms with E-state index in [0.717, 1.165) is 11.3 Å². The van der Waals surface area contributed by atoms with E-state index in [4.69, 9.17) is 30.5 Å². The summed E-state index contributed by atoms with van der Waals surface area (Å²) in [6.07, 6.45) is 0. The van der Waals surface area contributed by atoms with Gasteiger partial charge in [0.15, 0.2) is 5.16 Å². The summed E-state index contributed by atoms with van der Waals surface area (Å²) in [5, 5.41) is 1.67. The van der Waals surface area contributed by atoms with Crippen LogP contribution >= 0.6 is 23.4 Å². The number of aryl methyl sites for hydroxylation is 1. The lowest BCUT2D eigenvalue weighted by molar-refractivity contribution is 0.392. The summed E-state index contributed by atoms with van der Waals surface area (Å²) in [7, 11) is 3.14. The molecule has 0 unspecified atom stereocenters. The second-order valence-electron chi connectivity index (χ2n) is 7.91. The Morgan fingerprint density at radius 2 is 1.78 bits per heavy atom. The van der Waals surface area contributed by atoms with Crippen LogP contribution in [0.15, 0.2) is 81.1 Å². The number of benzene rings is 3. The Morgan fingerprint density at radius 1 is 1.00 bits per heavy atom. The van der Waals surface area contributed by atoms with Crippen LogP contribution in [0.1, 0.15) is 11.5 Å². The molecule has 5 rings (SSSR count). The smallest absolute Gasteiger partial charge is 0.266 e. The SMILES string of the molecule is COc1ccc(-n2c(SCc3nc(-c4ccc(Cl)cc4)oc3C)nc3ccccc3c2=O)c(OC)c1. The molecule has 0 aliphatic carbocycles. The van der Waals surface area contributed by atoms with Gasteiger partial charge in [-0.1, -0.05) is 35.5 Å². The number of oxazole rings is 1. The fourth-order valence-corrected chi connectivity index (χ4v) is 4.93. The highest BCUT2D eigenvalue weighted by atomic mass is 35.5. The summed E-state index contributed by atoms with van der Waals surface area (Å²) in [5.74, 6) is 2.79. The summed E-state index contributed by atoms with van der Waals surface area (Å²) in [4.78, 5) is 23.1. The fourth-order valence-electron chi connectivity index (χ4n) is 3.80. The zero-order valence-electron chi connectivity index (χ0n) is 19.8. The molecule has 0 radical (unpaired) electrons. The maximum absolute atomic E-state index is 13.6. The van der Waals surface area contributed by atoms with Crippen molar-refractivity contribution in [3.8, 4) is 28.6 Å².